The smallest absolute Gasteiger partial charge is 0.142 e. The van der Waals surface area contributed by atoms with E-state index in [-0.39, 0.29) is 12.4 Å². The van der Waals surface area contributed by atoms with Crippen molar-refractivity contribution in [1.29, 1.82) is 0 Å². The molecule has 0 fully saturated rings. The van der Waals surface area contributed by atoms with Crippen LogP contribution in [0.4, 0.5) is 0 Å². The van der Waals surface area contributed by atoms with Gasteiger partial charge in [-0.3, -0.25) is 0 Å². The molecule has 0 bridgehead atoms. The largest absolute Gasteiger partial charge is 0.363 e. The normalized spacial score (nSPS) is 8.67. The highest BCUT2D eigenvalue weighted by Crippen LogP contribution is 2.11. The molecule has 0 aliphatic carbocycles. The van der Waals surface area contributed by atoms with Gasteiger partial charge in [0.05, 0.1) is 0 Å². The quantitative estimate of drug-likeness (QED) is 0.687. The van der Waals surface area contributed by atoms with Gasteiger partial charge in [-0.2, -0.15) is 0 Å². The van der Waals surface area contributed by atoms with Gasteiger partial charge >= 0.3 is 0 Å². The van der Waals surface area contributed by atoms with E-state index in [4.69, 9.17) is 17.3 Å². The van der Waals surface area contributed by atoms with Gasteiger partial charge < -0.3 is 10.3 Å². The van der Waals surface area contributed by atoms with Crippen molar-refractivity contribution in [3.63, 3.8) is 0 Å². The Kier molecular flexibility index (Phi) is 3.61. The molecule has 52 valence electrons. The molecule has 2 N–H and O–H groups in total. The summed E-state index contributed by atoms with van der Waals surface area (Å²) < 4.78 is 4.47. The summed E-state index contributed by atoms with van der Waals surface area (Å²) in [4.78, 5) is 0. The molecule has 1 rings (SSSR count). The molecule has 0 aromatic carbocycles. The Morgan fingerprint density at radius 3 is 2.67 bits per heavy atom. The summed E-state index contributed by atoms with van der Waals surface area (Å²) in [6, 6.07) is 0. The van der Waals surface area contributed by atoms with Crippen LogP contribution in [0.25, 0.3) is 0 Å². The molecular weight excluding hydrogens is 163 g/mol. The Balaban J connectivity index is 0.000000640. The SMILES string of the molecule is Cl.NCc1nocc1Cl. The maximum atomic E-state index is 5.50. The molecular formula is C4H6Cl2N2O. The van der Waals surface area contributed by atoms with Crippen LogP contribution in [0.2, 0.25) is 5.02 Å². The standard InChI is InChI=1S/C4H5ClN2O.ClH/c5-3-2-8-7-4(3)1-6;/h2H,1,6H2;1H. The first-order chi connectivity index (χ1) is 3.84. The monoisotopic (exact) mass is 168 g/mol. The summed E-state index contributed by atoms with van der Waals surface area (Å²) in [5.41, 5.74) is 5.79. The fourth-order valence-electron chi connectivity index (χ4n) is 0.383. The number of nitrogens with two attached hydrogens (primary N) is 1. The summed E-state index contributed by atoms with van der Waals surface area (Å²) in [6.45, 7) is 0.329. The van der Waals surface area contributed by atoms with Gasteiger partial charge in [0.15, 0.2) is 0 Å². The second-order valence-electron chi connectivity index (χ2n) is 1.31. The van der Waals surface area contributed by atoms with Gasteiger partial charge in [-0.15, -0.1) is 12.4 Å². The van der Waals surface area contributed by atoms with Gasteiger partial charge in [0, 0.05) is 6.54 Å². The zero-order valence-electron chi connectivity index (χ0n) is 4.50. The Morgan fingerprint density at radius 2 is 2.44 bits per heavy atom. The molecule has 5 heteroatoms. The Labute approximate surface area is 63.6 Å². The molecule has 0 radical (unpaired) electrons. The number of hydrogen-bond donors (Lipinski definition) is 1. The number of rotatable bonds is 1. The van der Waals surface area contributed by atoms with Crippen LogP contribution < -0.4 is 5.73 Å². The molecule has 1 aromatic heterocycles. The Hall–Kier alpha value is -0.250. The third-order valence-electron chi connectivity index (χ3n) is 0.788. The van der Waals surface area contributed by atoms with Crippen molar-refractivity contribution in [3.05, 3.63) is 17.0 Å². The number of aromatic nitrogens is 1. The number of halogens is 2. The zero-order chi connectivity index (χ0) is 5.98. The van der Waals surface area contributed by atoms with Crippen LogP contribution >= 0.6 is 24.0 Å². The fourth-order valence-corrected chi connectivity index (χ4v) is 0.534. The fraction of sp³-hybridized carbons (Fsp3) is 0.250. The van der Waals surface area contributed by atoms with Crippen LogP contribution in [0, 0.1) is 0 Å². The van der Waals surface area contributed by atoms with Crippen molar-refractivity contribution in [2.24, 2.45) is 5.73 Å². The lowest BCUT2D eigenvalue weighted by atomic mass is 10.4. The minimum atomic E-state index is 0. The molecule has 0 aliphatic rings. The average Bonchev–Trinajstić information content (AvgIpc) is 2.14. The molecule has 0 aliphatic heterocycles. The van der Waals surface area contributed by atoms with Crippen LogP contribution in [-0.2, 0) is 6.54 Å². The maximum absolute atomic E-state index is 5.50. The summed E-state index contributed by atoms with van der Waals surface area (Å²) in [7, 11) is 0. The van der Waals surface area contributed by atoms with E-state index in [1.54, 1.807) is 0 Å². The van der Waals surface area contributed by atoms with E-state index >= 15 is 0 Å². The predicted molar refractivity (Wildman–Crippen MR) is 36.7 cm³/mol. The first-order valence-corrected chi connectivity index (χ1v) is 2.51. The third kappa shape index (κ3) is 1.86. The molecule has 1 heterocycles. The highest BCUT2D eigenvalue weighted by Gasteiger charge is 1.99. The van der Waals surface area contributed by atoms with E-state index in [1.165, 1.54) is 6.26 Å². The van der Waals surface area contributed by atoms with Crippen molar-refractivity contribution >= 4 is 24.0 Å². The van der Waals surface area contributed by atoms with Crippen LogP contribution in [0.1, 0.15) is 5.69 Å². The lowest BCUT2D eigenvalue weighted by Crippen LogP contribution is -1.95. The summed E-state index contributed by atoms with van der Waals surface area (Å²) in [5.74, 6) is 0. The van der Waals surface area contributed by atoms with Gasteiger partial charge in [0.1, 0.15) is 17.0 Å². The van der Waals surface area contributed by atoms with E-state index in [2.05, 4.69) is 9.68 Å². The minimum absolute atomic E-state index is 0. The lowest BCUT2D eigenvalue weighted by molar-refractivity contribution is 0.412. The van der Waals surface area contributed by atoms with Crippen molar-refractivity contribution in [1.82, 2.24) is 5.16 Å². The van der Waals surface area contributed by atoms with E-state index in [0.717, 1.165) is 0 Å². The highest BCUT2D eigenvalue weighted by atomic mass is 35.5. The van der Waals surface area contributed by atoms with Gasteiger partial charge in [-0.1, -0.05) is 16.8 Å². The molecule has 0 saturated carbocycles. The van der Waals surface area contributed by atoms with Gasteiger partial charge in [-0.25, -0.2) is 0 Å². The first kappa shape index (κ1) is 8.75. The molecule has 0 atom stereocenters. The van der Waals surface area contributed by atoms with E-state index in [0.29, 0.717) is 17.3 Å². The van der Waals surface area contributed by atoms with Crippen molar-refractivity contribution in [3.8, 4) is 0 Å². The topological polar surface area (TPSA) is 52.0 Å². The molecule has 9 heavy (non-hydrogen) atoms. The van der Waals surface area contributed by atoms with Crippen molar-refractivity contribution in [2.75, 3.05) is 0 Å². The van der Waals surface area contributed by atoms with Crippen LogP contribution in [0.3, 0.4) is 0 Å². The number of nitrogens with zero attached hydrogens (tertiary/aromatic N) is 1. The van der Waals surface area contributed by atoms with Gasteiger partial charge in [0.2, 0.25) is 0 Å². The summed E-state index contributed by atoms with van der Waals surface area (Å²) in [6.07, 6.45) is 1.35. The Bertz CT molecular complexity index is 177. The van der Waals surface area contributed by atoms with Crippen LogP contribution in [-0.4, -0.2) is 5.16 Å². The maximum Gasteiger partial charge on any atom is 0.142 e. The van der Waals surface area contributed by atoms with E-state index in [1.807, 2.05) is 0 Å². The van der Waals surface area contributed by atoms with Gasteiger partial charge in [0.25, 0.3) is 0 Å². The molecule has 0 saturated heterocycles. The lowest BCUT2D eigenvalue weighted by Gasteiger charge is -1.81. The average molecular weight is 169 g/mol. The second-order valence-corrected chi connectivity index (χ2v) is 1.72. The molecule has 0 unspecified atom stereocenters. The minimum Gasteiger partial charge on any atom is -0.363 e. The van der Waals surface area contributed by atoms with Crippen LogP contribution in [0.5, 0.6) is 0 Å². The van der Waals surface area contributed by atoms with E-state index < -0.39 is 0 Å². The van der Waals surface area contributed by atoms with Crippen LogP contribution in [0.15, 0.2) is 10.8 Å². The van der Waals surface area contributed by atoms with E-state index in [9.17, 15) is 0 Å². The second kappa shape index (κ2) is 3.71. The molecule has 1 aromatic rings. The summed E-state index contributed by atoms with van der Waals surface area (Å²) >= 11 is 5.50. The summed E-state index contributed by atoms with van der Waals surface area (Å²) in [5, 5.41) is 4.00. The molecule has 0 spiro atoms. The molecule has 3 nitrogen and oxygen atoms in total. The predicted octanol–water partition coefficient (Wildman–Crippen LogP) is 1.21. The zero-order valence-corrected chi connectivity index (χ0v) is 6.08. The molecule has 0 amide bonds. The first-order valence-electron chi connectivity index (χ1n) is 2.13. The van der Waals surface area contributed by atoms with Crippen molar-refractivity contribution in [2.45, 2.75) is 6.54 Å². The Morgan fingerprint density at radius 1 is 1.78 bits per heavy atom. The number of hydrogen-bond acceptors (Lipinski definition) is 3. The van der Waals surface area contributed by atoms with Gasteiger partial charge in [-0.05, 0) is 0 Å². The van der Waals surface area contributed by atoms with Crippen molar-refractivity contribution < 1.29 is 4.52 Å². The highest BCUT2D eigenvalue weighted by molar-refractivity contribution is 6.31. The third-order valence-corrected chi connectivity index (χ3v) is 1.10.